The molecule has 1 fully saturated rings. The zero-order valence-corrected chi connectivity index (χ0v) is 12.6. The third-order valence-electron chi connectivity index (χ3n) is 4.19. The molecule has 0 radical (unpaired) electrons. The van der Waals surface area contributed by atoms with Crippen LogP contribution in [0, 0.1) is 5.92 Å². The fourth-order valence-electron chi connectivity index (χ4n) is 2.94. The smallest absolute Gasteiger partial charge is 0.339 e. The number of carbonyl (C=O) groups excluding carboxylic acids is 1. The molecule has 1 aliphatic rings. The van der Waals surface area contributed by atoms with E-state index < -0.39 is 0 Å². The highest BCUT2D eigenvalue weighted by atomic mass is 16.5. The van der Waals surface area contributed by atoms with E-state index in [1.807, 2.05) is 6.07 Å². The molecule has 1 aromatic heterocycles. The molecule has 1 aromatic rings. The van der Waals surface area contributed by atoms with E-state index in [9.17, 15) is 4.79 Å². The van der Waals surface area contributed by atoms with E-state index in [0.717, 1.165) is 18.2 Å². The quantitative estimate of drug-likeness (QED) is 0.793. The topological polar surface area (TPSA) is 42.4 Å². The molecule has 20 heavy (non-hydrogen) atoms. The highest BCUT2D eigenvalue weighted by Crippen LogP contribution is 2.27. The van der Waals surface area contributed by atoms with E-state index >= 15 is 0 Å². The molecule has 0 aliphatic heterocycles. The van der Waals surface area contributed by atoms with E-state index in [1.165, 1.54) is 32.8 Å². The number of carbonyl (C=O) groups is 1. The van der Waals surface area contributed by atoms with Gasteiger partial charge in [0.05, 0.1) is 18.4 Å². The van der Waals surface area contributed by atoms with Gasteiger partial charge in [-0.05, 0) is 37.9 Å². The average Bonchev–Trinajstić information content (AvgIpc) is 2.47. The Morgan fingerprint density at radius 1 is 1.45 bits per heavy atom. The average molecular weight is 276 g/mol. The van der Waals surface area contributed by atoms with E-state index in [2.05, 4.69) is 28.6 Å². The lowest BCUT2D eigenvalue weighted by molar-refractivity contribution is 0.0600. The van der Waals surface area contributed by atoms with Gasteiger partial charge in [-0.25, -0.2) is 4.79 Å². The molecule has 0 amide bonds. The summed E-state index contributed by atoms with van der Waals surface area (Å²) in [4.78, 5) is 18.1. The number of hydrogen-bond acceptors (Lipinski definition) is 4. The second-order valence-electron chi connectivity index (χ2n) is 5.87. The van der Waals surface area contributed by atoms with Gasteiger partial charge in [-0.15, -0.1) is 0 Å². The molecule has 0 saturated heterocycles. The minimum atomic E-state index is -0.335. The van der Waals surface area contributed by atoms with Gasteiger partial charge >= 0.3 is 5.97 Å². The van der Waals surface area contributed by atoms with Crippen molar-refractivity contribution in [2.45, 2.75) is 45.2 Å². The number of esters is 1. The van der Waals surface area contributed by atoms with Gasteiger partial charge < -0.3 is 4.74 Å². The van der Waals surface area contributed by atoms with E-state index in [0.29, 0.717) is 11.6 Å². The Morgan fingerprint density at radius 2 is 2.25 bits per heavy atom. The maximum absolute atomic E-state index is 11.4. The first-order valence-corrected chi connectivity index (χ1v) is 7.33. The van der Waals surface area contributed by atoms with Crippen LogP contribution in [0.15, 0.2) is 18.3 Å². The third kappa shape index (κ3) is 3.79. The van der Waals surface area contributed by atoms with Gasteiger partial charge in [0, 0.05) is 18.8 Å². The van der Waals surface area contributed by atoms with Crippen LogP contribution in [-0.2, 0) is 11.3 Å². The number of aromatic nitrogens is 1. The number of hydrogen-bond donors (Lipinski definition) is 0. The normalized spacial score (nSPS) is 22.8. The van der Waals surface area contributed by atoms with Crippen LogP contribution in [0.5, 0.6) is 0 Å². The minimum absolute atomic E-state index is 0.335. The Hall–Kier alpha value is -1.42. The maximum Gasteiger partial charge on any atom is 0.339 e. The second-order valence-corrected chi connectivity index (χ2v) is 5.87. The molecule has 1 aliphatic carbocycles. The van der Waals surface area contributed by atoms with Gasteiger partial charge in [-0.2, -0.15) is 0 Å². The lowest BCUT2D eigenvalue weighted by Crippen LogP contribution is -2.35. The van der Waals surface area contributed by atoms with E-state index in [1.54, 1.807) is 12.3 Å². The summed E-state index contributed by atoms with van der Waals surface area (Å²) in [6, 6.07) is 4.35. The van der Waals surface area contributed by atoms with Crippen LogP contribution in [0.25, 0.3) is 0 Å². The van der Waals surface area contributed by atoms with Crippen molar-refractivity contribution in [1.82, 2.24) is 9.88 Å². The maximum atomic E-state index is 11.4. The van der Waals surface area contributed by atoms with Crippen molar-refractivity contribution in [2.24, 2.45) is 5.92 Å². The summed E-state index contributed by atoms with van der Waals surface area (Å²) in [5.74, 6) is 0.490. The van der Waals surface area contributed by atoms with Crippen LogP contribution < -0.4 is 0 Å². The summed E-state index contributed by atoms with van der Waals surface area (Å²) in [7, 11) is 3.55. The Morgan fingerprint density at radius 3 is 2.85 bits per heavy atom. The summed E-state index contributed by atoms with van der Waals surface area (Å²) in [6.07, 6.45) is 6.83. The first-order chi connectivity index (χ1) is 9.60. The van der Waals surface area contributed by atoms with Crippen molar-refractivity contribution in [1.29, 1.82) is 0 Å². The van der Waals surface area contributed by atoms with Crippen molar-refractivity contribution >= 4 is 5.97 Å². The molecular weight excluding hydrogens is 252 g/mol. The molecule has 2 rings (SSSR count). The number of pyridine rings is 1. The van der Waals surface area contributed by atoms with Crippen molar-refractivity contribution in [2.75, 3.05) is 14.2 Å². The van der Waals surface area contributed by atoms with Crippen LogP contribution in [0.1, 0.15) is 48.7 Å². The summed E-state index contributed by atoms with van der Waals surface area (Å²) >= 11 is 0. The highest BCUT2D eigenvalue weighted by Gasteiger charge is 2.22. The van der Waals surface area contributed by atoms with Crippen molar-refractivity contribution in [3.8, 4) is 0 Å². The highest BCUT2D eigenvalue weighted by molar-refractivity contribution is 5.88. The van der Waals surface area contributed by atoms with Crippen LogP contribution >= 0.6 is 0 Å². The predicted octanol–water partition coefficient (Wildman–Crippen LogP) is 2.88. The van der Waals surface area contributed by atoms with Gasteiger partial charge in [0.1, 0.15) is 0 Å². The summed E-state index contributed by atoms with van der Waals surface area (Å²) in [5.41, 5.74) is 1.50. The SMILES string of the molecule is COC(=O)c1ccc(CN(C)C2CCCC(C)C2)nc1. The van der Waals surface area contributed by atoms with Crippen molar-refractivity contribution in [3.63, 3.8) is 0 Å². The number of methoxy groups -OCH3 is 1. The third-order valence-corrected chi connectivity index (χ3v) is 4.19. The van der Waals surface area contributed by atoms with Crippen molar-refractivity contribution in [3.05, 3.63) is 29.6 Å². The first kappa shape index (κ1) is 15.0. The Bertz CT molecular complexity index is 444. The van der Waals surface area contributed by atoms with E-state index in [4.69, 9.17) is 0 Å². The molecule has 110 valence electrons. The Labute approximate surface area is 121 Å². The molecule has 2 atom stereocenters. The van der Waals surface area contributed by atoms with Gasteiger partial charge in [0.15, 0.2) is 0 Å². The van der Waals surface area contributed by atoms with Gasteiger partial charge in [-0.1, -0.05) is 19.8 Å². The minimum Gasteiger partial charge on any atom is -0.465 e. The molecule has 1 saturated carbocycles. The molecular formula is C16H24N2O2. The monoisotopic (exact) mass is 276 g/mol. The largest absolute Gasteiger partial charge is 0.465 e. The number of rotatable bonds is 4. The predicted molar refractivity (Wildman–Crippen MR) is 78.5 cm³/mol. The van der Waals surface area contributed by atoms with Crippen LogP contribution in [0.4, 0.5) is 0 Å². The fourth-order valence-corrected chi connectivity index (χ4v) is 2.94. The van der Waals surface area contributed by atoms with Gasteiger partial charge in [-0.3, -0.25) is 9.88 Å². The summed E-state index contributed by atoms with van der Waals surface area (Å²) in [5, 5.41) is 0. The molecule has 0 bridgehead atoms. The standard InChI is InChI=1S/C16H24N2O2/c1-12-5-4-6-15(9-12)18(2)11-14-8-7-13(10-17-14)16(19)20-3/h7-8,10,12,15H,4-6,9,11H2,1-3H3. The first-order valence-electron chi connectivity index (χ1n) is 7.33. The second kappa shape index (κ2) is 6.84. The van der Waals surface area contributed by atoms with Crippen LogP contribution in [0.3, 0.4) is 0 Å². The van der Waals surface area contributed by atoms with Gasteiger partial charge in [0.2, 0.25) is 0 Å². The van der Waals surface area contributed by atoms with Gasteiger partial charge in [0.25, 0.3) is 0 Å². The molecule has 4 nitrogen and oxygen atoms in total. The summed E-state index contributed by atoms with van der Waals surface area (Å²) in [6.45, 7) is 3.17. The molecule has 1 heterocycles. The zero-order chi connectivity index (χ0) is 14.5. The molecule has 0 spiro atoms. The molecule has 2 unspecified atom stereocenters. The lowest BCUT2D eigenvalue weighted by atomic mass is 9.86. The van der Waals surface area contributed by atoms with Crippen LogP contribution in [0.2, 0.25) is 0 Å². The number of nitrogens with zero attached hydrogens (tertiary/aromatic N) is 2. The fraction of sp³-hybridized carbons (Fsp3) is 0.625. The Balaban J connectivity index is 1.93. The Kier molecular flexibility index (Phi) is 5.12. The molecule has 4 heteroatoms. The zero-order valence-electron chi connectivity index (χ0n) is 12.6. The van der Waals surface area contributed by atoms with E-state index in [-0.39, 0.29) is 5.97 Å². The molecule has 0 aromatic carbocycles. The van der Waals surface area contributed by atoms with Crippen LogP contribution in [-0.4, -0.2) is 36.1 Å². The molecule has 0 N–H and O–H groups in total. The summed E-state index contributed by atoms with van der Waals surface area (Å²) < 4.78 is 4.67. The van der Waals surface area contributed by atoms with Crippen molar-refractivity contribution < 1.29 is 9.53 Å². The lowest BCUT2D eigenvalue weighted by Gasteiger charge is -2.34. The number of ether oxygens (including phenoxy) is 1.